The van der Waals surface area contributed by atoms with Gasteiger partial charge in [0, 0.05) is 16.6 Å². The number of rotatable bonds is 2. The fourth-order valence-corrected chi connectivity index (χ4v) is 2.61. The van der Waals surface area contributed by atoms with Crippen LogP contribution in [0.2, 0.25) is 0 Å². The van der Waals surface area contributed by atoms with Crippen molar-refractivity contribution in [3.05, 3.63) is 64.4 Å². The van der Waals surface area contributed by atoms with Crippen LogP contribution in [-0.4, -0.2) is 9.38 Å². The lowest BCUT2D eigenvalue weighted by Gasteiger charge is -2.09. The third kappa shape index (κ3) is 2.12. The van der Waals surface area contributed by atoms with Crippen LogP contribution < -0.4 is 5.73 Å². The van der Waals surface area contributed by atoms with E-state index in [1.807, 2.05) is 40.9 Å². The lowest BCUT2D eigenvalue weighted by atomic mass is 9.98. The minimum Gasteiger partial charge on any atom is -0.383 e. The average molecular weight is 316 g/mol. The Hall–Kier alpha value is -1.81. The van der Waals surface area contributed by atoms with Crippen molar-refractivity contribution in [3.8, 4) is 0 Å². The first-order valence-electron chi connectivity index (χ1n) is 6.15. The van der Waals surface area contributed by atoms with Gasteiger partial charge in [0.25, 0.3) is 0 Å². The van der Waals surface area contributed by atoms with Crippen LogP contribution in [-0.2, 0) is 0 Å². The van der Waals surface area contributed by atoms with Crippen molar-refractivity contribution in [1.29, 1.82) is 0 Å². The number of nitrogens with two attached hydrogens (primary N) is 1. The van der Waals surface area contributed by atoms with E-state index in [0.717, 1.165) is 15.8 Å². The normalized spacial score (nSPS) is 12.7. The van der Waals surface area contributed by atoms with Gasteiger partial charge in [-0.25, -0.2) is 4.98 Å². The Labute approximate surface area is 120 Å². The van der Waals surface area contributed by atoms with Crippen molar-refractivity contribution in [2.45, 2.75) is 12.8 Å². The van der Waals surface area contributed by atoms with E-state index in [2.05, 4.69) is 40.0 Å². The molecule has 0 amide bonds. The summed E-state index contributed by atoms with van der Waals surface area (Å²) >= 11 is 3.45. The van der Waals surface area contributed by atoms with E-state index in [1.54, 1.807) is 0 Å². The molecule has 4 heteroatoms. The highest BCUT2D eigenvalue weighted by molar-refractivity contribution is 9.10. The molecule has 3 nitrogen and oxygen atoms in total. The maximum absolute atomic E-state index is 6.23. The standard InChI is InChI=1S/C15H14BrN3/c1-10(11-5-3-2-4-6-11)14-15(17)19-9-12(16)7-8-13(19)18-14/h2-10H,17H2,1H3. The number of hydrogen-bond donors (Lipinski definition) is 1. The maximum atomic E-state index is 6.23. The summed E-state index contributed by atoms with van der Waals surface area (Å²) in [6.07, 6.45) is 1.94. The molecule has 0 spiro atoms. The molecule has 0 saturated heterocycles. The molecule has 3 rings (SSSR count). The first-order valence-corrected chi connectivity index (χ1v) is 6.94. The second-order valence-electron chi connectivity index (χ2n) is 4.59. The zero-order chi connectivity index (χ0) is 13.4. The van der Waals surface area contributed by atoms with Crippen LogP contribution in [0.25, 0.3) is 5.65 Å². The highest BCUT2D eigenvalue weighted by Gasteiger charge is 2.17. The number of anilines is 1. The van der Waals surface area contributed by atoms with Crippen LogP contribution in [0.15, 0.2) is 53.1 Å². The second kappa shape index (κ2) is 4.70. The van der Waals surface area contributed by atoms with E-state index in [4.69, 9.17) is 5.73 Å². The number of fused-ring (bicyclic) bond motifs is 1. The molecule has 0 fully saturated rings. The SMILES string of the molecule is CC(c1ccccc1)c1nc2ccc(Br)cn2c1N. The van der Waals surface area contributed by atoms with Gasteiger partial charge in [0.15, 0.2) is 0 Å². The summed E-state index contributed by atoms with van der Waals surface area (Å²) in [4.78, 5) is 4.65. The predicted molar refractivity (Wildman–Crippen MR) is 81.3 cm³/mol. The number of aromatic nitrogens is 2. The van der Waals surface area contributed by atoms with Gasteiger partial charge in [-0.1, -0.05) is 37.3 Å². The fraction of sp³-hybridized carbons (Fsp3) is 0.133. The van der Waals surface area contributed by atoms with E-state index < -0.39 is 0 Å². The topological polar surface area (TPSA) is 43.3 Å². The van der Waals surface area contributed by atoms with Crippen molar-refractivity contribution < 1.29 is 0 Å². The van der Waals surface area contributed by atoms with Gasteiger partial charge in [-0.3, -0.25) is 4.40 Å². The highest BCUT2D eigenvalue weighted by Crippen LogP contribution is 2.29. The quantitative estimate of drug-likeness (QED) is 0.781. The summed E-state index contributed by atoms with van der Waals surface area (Å²) in [6.45, 7) is 2.13. The molecular weight excluding hydrogens is 302 g/mol. The van der Waals surface area contributed by atoms with Gasteiger partial charge in [0.05, 0.1) is 5.69 Å². The number of nitrogen functional groups attached to an aromatic ring is 1. The van der Waals surface area contributed by atoms with Crippen LogP contribution in [0.4, 0.5) is 5.82 Å². The first kappa shape index (κ1) is 12.2. The smallest absolute Gasteiger partial charge is 0.138 e. The van der Waals surface area contributed by atoms with Crippen LogP contribution in [0.3, 0.4) is 0 Å². The van der Waals surface area contributed by atoms with Crippen molar-refractivity contribution >= 4 is 27.4 Å². The van der Waals surface area contributed by atoms with Crippen molar-refractivity contribution in [3.63, 3.8) is 0 Å². The Balaban J connectivity index is 2.13. The van der Waals surface area contributed by atoms with Gasteiger partial charge in [0.1, 0.15) is 11.5 Å². The van der Waals surface area contributed by atoms with Gasteiger partial charge >= 0.3 is 0 Å². The zero-order valence-corrected chi connectivity index (χ0v) is 12.1. The summed E-state index contributed by atoms with van der Waals surface area (Å²) in [5.74, 6) is 0.882. The summed E-state index contributed by atoms with van der Waals surface area (Å²) in [6, 6.07) is 14.2. The summed E-state index contributed by atoms with van der Waals surface area (Å²) in [5, 5.41) is 0. The Kier molecular flexibility index (Phi) is 3.03. The number of nitrogens with zero attached hydrogens (tertiary/aromatic N) is 2. The zero-order valence-electron chi connectivity index (χ0n) is 10.5. The molecule has 0 aliphatic rings. The Morgan fingerprint density at radius 2 is 1.89 bits per heavy atom. The second-order valence-corrected chi connectivity index (χ2v) is 5.51. The van der Waals surface area contributed by atoms with Crippen molar-refractivity contribution in [1.82, 2.24) is 9.38 Å². The van der Waals surface area contributed by atoms with Crippen LogP contribution in [0, 0.1) is 0 Å². The Bertz CT molecular complexity index is 719. The predicted octanol–water partition coefficient (Wildman–Crippen LogP) is 3.83. The van der Waals surface area contributed by atoms with E-state index in [1.165, 1.54) is 5.56 Å². The molecular formula is C15H14BrN3. The summed E-state index contributed by atoms with van der Waals surface area (Å²) in [7, 11) is 0. The lowest BCUT2D eigenvalue weighted by molar-refractivity contribution is 0.889. The lowest BCUT2D eigenvalue weighted by Crippen LogP contribution is -2.01. The first-order chi connectivity index (χ1) is 9.16. The highest BCUT2D eigenvalue weighted by atomic mass is 79.9. The molecule has 0 saturated carbocycles. The third-order valence-corrected chi connectivity index (χ3v) is 3.83. The summed E-state index contributed by atoms with van der Waals surface area (Å²) in [5.41, 5.74) is 9.24. The molecule has 1 aromatic carbocycles. The molecule has 1 unspecified atom stereocenters. The van der Waals surface area contributed by atoms with Crippen molar-refractivity contribution in [2.75, 3.05) is 5.73 Å². The number of benzene rings is 1. The number of halogens is 1. The van der Waals surface area contributed by atoms with E-state index >= 15 is 0 Å². The van der Waals surface area contributed by atoms with Crippen LogP contribution >= 0.6 is 15.9 Å². The molecule has 19 heavy (non-hydrogen) atoms. The molecule has 1 atom stereocenters. The average Bonchev–Trinajstić information content (AvgIpc) is 2.76. The molecule has 3 aromatic rings. The van der Waals surface area contributed by atoms with E-state index in [-0.39, 0.29) is 5.92 Å². The minimum absolute atomic E-state index is 0.180. The molecule has 0 radical (unpaired) electrons. The van der Waals surface area contributed by atoms with Gasteiger partial charge < -0.3 is 5.73 Å². The van der Waals surface area contributed by atoms with Crippen LogP contribution in [0.1, 0.15) is 24.1 Å². The van der Waals surface area contributed by atoms with Gasteiger partial charge in [-0.05, 0) is 33.6 Å². The van der Waals surface area contributed by atoms with E-state index in [9.17, 15) is 0 Å². The molecule has 0 bridgehead atoms. The molecule has 0 aliphatic heterocycles. The summed E-state index contributed by atoms with van der Waals surface area (Å²) < 4.78 is 2.90. The molecule has 96 valence electrons. The van der Waals surface area contributed by atoms with Crippen LogP contribution in [0.5, 0.6) is 0 Å². The number of hydrogen-bond acceptors (Lipinski definition) is 2. The van der Waals surface area contributed by atoms with E-state index in [0.29, 0.717) is 5.82 Å². The Morgan fingerprint density at radius 3 is 2.63 bits per heavy atom. The maximum Gasteiger partial charge on any atom is 0.138 e. The monoisotopic (exact) mass is 315 g/mol. The largest absolute Gasteiger partial charge is 0.383 e. The number of imidazole rings is 1. The van der Waals surface area contributed by atoms with Gasteiger partial charge in [0.2, 0.25) is 0 Å². The van der Waals surface area contributed by atoms with Gasteiger partial charge in [-0.15, -0.1) is 0 Å². The van der Waals surface area contributed by atoms with Gasteiger partial charge in [-0.2, -0.15) is 0 Å². The molecule has 2 aromatic heterocycles. The number of pyridine rings is 1. The molecule has 2 N–H and O–H groups in total. The third-order valence-electron chi connectivity index (χ3n) is 3.36. The fourth-order valence-electron chi connectivity index (χ4n) is 2.27. The Morgan fingerprint density at radius 1 is 1.16 bits per heavy atom. The molecule has 2 heterocycles. The minimum atomic E-state index is 0.180. The molecule has 0 aliphatic carbocycles. The van der Waals surface area contributed by atoms with Crippen molar-refractivity contribution in [2.24, 2.45) is 0 Å².